The van der Waals surface area contributed by atoms with Gasteiger partial charge >= 0.3 is 0 Å². The molecular weight excluding hydrogens is 212 g/mol. The van der Waals surface area contributed by atoms with Gasteiger partial charge in [-0.1, -0.05) is 0 Å². The first-order valence-corrected chi connectivity index (χ1v) is 5.17. The Labute approximate surface area is 85.8 Å². The van der Waals surface area contributed by atoms with Crippen LogP contribution in [-0.2, 0) is 14.7 Å². The number of rotatable bonds is 1. The molecule has 0 atom stereocenters. The molecular formula is C6H20N2O5S. The molecule has 0 rings (SSSR count). The second-order valence-corrected chi connectivity index (χ2v) is 4.43. The first-order valence-electron chi connectivity index (χ1n) is 3.83. The summed E-state index contributed by atoms with van der Waals surface area (Å²) in [6, 6.07) is 0. The largest absolute Gasteiger partial charge is 0.726 e. The molecule has 8 heteroatoms. The predicted molar refractivity (Wildman–Crippen MR) is 48.3 cm³/mol. The highest BCUT2D eigenvalue weighted by Crippen LogP contribution is 1.69. The molecule has 0 aromatic rings. The maximum absolute atomic E-state index is 8.91. The van der Waals surface area contributed by atoms with Gasteiger partial charge in [0.1, 0.15) is 0 Å². The van der Waals surface area contributed by atoms with Crippen LogP contribution in [0.3, 0.4) is 0 Å². The van der Waals surface area contributed by atoms with Crippen molar-refractivity contribution in [2.45, 2.75) is 0 Å². The molecule has 2 N–H and O–H groups in total. The van der Waals surface area contributed by atoms with Crippen molar-refractivity contribution in [3.05, 3.63) is 0 Å². The summed E-state index contributed by atoms with van der Waals surface area (Å²) in [7, 11) is 7.53. The molecule has 0 amide bonds. The van der Waals surface area contributed by atoms with Crippen molar-refractivity contribution in [1.82, 2.24) is 0 Å². The van der Waals surface area contributed by atoms with Crippen molar-refractivity contribution in [3.8, 4) is 0 Å². The molecule has 0 aliphatic carbocycles. The maximum Gasteiger partial charge on any atom is 0.208 e. The van der Waals surface area contributed by atoms with Crippen molar-refractivity contribution in [3.63, 3.8) is 0 Å². The summed E-state index contributed by atoms with van der Waals surface area (Å²) < 4.78 is 28.8. The lowest BCUT2D eigenvalue weighted by molar-refractivity contribution is -0.836. The second-order valence-electron chi connectivity index (χ2n) is 3.48. The average molecular weight is 232 g/mol. The summed E-state index contributed by atoms with van der Waals surface area (Å²) in [5.41, 5.74) is 0. The minimum absolute atomic E-state index is 1.42. The Morgan fingerprint density at radius 1 is 0.929 bits per heavy atom. The predicted octanol–water partition coefficient (Wildman–Crippen LogP) is -4.74. The number of nitrogens with one attached hydrogen (secondary N) is 2. The summed E-state index contributed by atoms with van der Waals surface area (Å²) in [5, 5.41) is 8.55. The normalized spacial score (nSPS) is 10.1. The monoisotopic (exact) mass is 232 g/mol. The van der Waals surface area contributed by atoms with E-state index in [9.17, 15) is 0 Å². The van der Waals surface area contributed by atoms with Gasteiger partial charge in [-0.3, -0.25) is 0 Å². The van der Waals surface area contributed by atoms with Gasteiger partial charge in [-0.2, -0.15) is 0 Å². The Hall–Kier alpha value is -0.250. The summed E-state index contributed by atoms with van der Waals surface area (Å²) in [6.45, 7) is 0. The summed E-state index contributed by atoms with van der Waals surface area (Å²) in [6.07, 6.45) is 0. The summed E-state index contributed by atoms with van der Waals surface area (Å²) in [4.78, 5) is 2.83. The lowest BCUT2D eigenvalue weighted by Crippen LogP contribution is -3.02. The highest BCUT2D eigenvalue weighted by molar-refractivity contribution is 7.80. The van der Waals surface area contributed by atoms with Crippen LogP contribution in [0.2, 0.25) is 0 Å². The molecule has 0 saturated heterocycles. The van der Waals surface area contributed by atoms with Crippen LogP contribution in [0.5, 0.6) is 0 Å². The summed E-state index contributed by atoms with van der Waals surface area (Å²) in [5.74, 6) is 0. The van der Waals surface area contributed by atoms with Crippen LogP contribution in [0.1, 0.15) is 0 Å². The van der Waals surface area contributed by atoms with Crippen LogP contribution >= 0.6 is 0 Å². The highest BCUT2D eigenvalue weighted by Gasteiger charge is 1.73. The number of quaternary nitrogens is 2. The fourth-order valence-electron chi connectivity index (χ4n) is 0. The fourth-order valence-corrected chi connectivity index (χ4v) is 0. The van der Waals surface area contributed by atoms with Gasteiger partial charge in [-0.25, -0.2) is 8.42 Å². The zero-order chi connectivity index (χ0) is 12.4. The molecule has 0 aromatic heterocycles. The highest BCUT2D eigenvalue weighted by atomic mass is 32.3. The molecule has 0 heterocycles. The topological polar surface area (TPSA) is 98.4 Å². The van der Waals surface area contributed by atoms with E-state index in [0.29, 0.717) is 0 Å². The van der Waals surface area contributed by atoms with E-state index in [1.165, 1.54) is 9.80 Å². The number of hydrogen-bond donors (Lipinski definition) is 2. The molecule has 7 nitrogen and oxygen atoms in total. The second kappa shape index (κ2) is 10.8. The van der Waals surface area contributed by atoms with E-state index in [2.05, 4.69) is 46.6 Å². The van der Waals surface area contributed by atoms with E-state index in [-0.39, 0.29) is 0 Å². The first kappa shape index (κ1) is 19.3. The van der Waals surface area contributed by atoms with Crippen molar-refractivity contribution in [2.24, 2.45) is 0 Å². The van der Waals surface area contributed by atoms with E-state index in [1.54, 1.807) is 0 Å². The smallest absolute Gasteiger partial charge is 0.208 e. The van der Waals surface area contributed by atoms with Crippen LogP contribution in [-0.4, -0.2) is 55.3 Å². The van der Waals surface area contributed by atoms with E-state index in [4.69, 9.17) is 18.2 Å². The zero-order valence-electron chi connectivity index (χ0n) is 9.45. The van der Waals surface area contributed by atoms with Crippen molar-refractivity contribution >= 4 is 10.4 Å². The fraction of sp³-hybridized carbons (Fsp3) is 1.00. The average Bonchev–Trinajstić information content (AvgIpc) is 1.83. The standard InChI is InChI=1S/2C3H9N.H2O5S/c2*1-4(2)3;1-5-6(2,3)4/h2*1-3H3;1H,(H,2,3,4). The van der Waals surface area contributed by atoms with Crippen LogP contribution in [0.4, 0.5) is 0 Å². The van der Waals surface area contributed by atoms with Crippen molar-refractivity contribution in [2.75, 3.05) is 42.3 Å². The SMILES string of the molecule is C[NH+](C)C.C[NH+](C)C.O=S(=O)([O-])O[O-]. The van der Waals surface area contributed by atoms with Gasteiger partial charge in [0.2, 0.25) is 10.4 Å². The van der Waals surface area contributed by atoms with Gasteiger partial charge in [0.05, 0.1) is 42.3 Å². The Morgan fingerprint density at radius 2 is 1.00 bits per heavy atom. The lowest BCUT2D eigenvalue weighted by atomic mass is 11.0. The van der Waals surface area contributed by atoms with E-state index < -0.39 is 10.4 Å². The third-order valence-corrected chi connectivity index (χ3v) is 0.250. The molecule has 90 valence electrons. The van der Waals surface area contributed by atoms with Gasteiger partial charge in [0.25, 0.3) is 0 Å². The lowest BCUT2D eigenvalue weighted by Gasteiger charge is -2.07. The van der Waals surface area contributed by atoms with Crippen LogP contribution < -0.4 is 15.1 Å². The molecule has 0 aliphatic rings. The Bertz CT molecular complexity index is 179. The third kappa shape index (κ3) is 180. The van der Waals surface area contributed by atoms with Gasteiger partial charge < -0.3 is 23.9 Å². The van der Waals surface area contributed by atoms with Crippen molar-refractivity contribution in [1.29, 1.82) is 0 Å². The molecule has 0 aliphatic heterocycles. The summed E-state index contributed by atoms with van der Waals surface area (Å²) >= 11 is 0. The van der Waals surface area contributed by atoms with Crippen LogP contribution in [0.25, 0.3) is 0 Å². The number of hydrogen-bond acceptors (Lipinski definition) is 5. The Kier molecular flexibility index (Phi) is 15.0. The van der Waals surface area contributed by atoms with Crippen molar-refractivity contribution < 1.29 is 32.4 Å². The minimum Gasteiger partial charge on any atom is -0.726 e. The molecule has 0 bridgehead atoms. The van der Waals surface area contributed by atoms with Gasteiger partial charge in [0, 0.05) is 0 Å². The molecule has 14 heavy (non-hydrogen) atoms. The van der Waals surface area contributed by atoms with Gasteiger partial charge in [0.15, 0.2) is 0 Å². The Morgan fingerprint density at radius 3 is 1.00 bits per heavy atom. The minimum atomic E-state index is -4.97. The molecule has 0 saturated carbocycles. The quantitative estimate of drug-likeness (QED) is 0.205. The van der Waals surface area contributed by atoms with Crippen LogP contribution in [0, 0.1) is 0 Å². The molecule has 0 fully saturated rings. The maximum atomic E-state index is 8.91. The van der Waals surface area contributed by atoms with Gasteiger partial charge in [-0.15, -0.1) is 0 Å². The molecule has 0 spiro atoms. The Balaban J connectivity index is -0.000000135. The molecule has 0 unspecified atom stereocenters. The van der Waals surface area contributed by atoms with Gasteiger partial charge in [-0.05, 0) is 0 Å². The first-order chi connectivity index (χ1) is 6.02. The van der Waals surface area contributed by atoms with E-state index >= 15 is 0 Å². The van der Waals surface area contributed by atoms with E-state index in [1.807, 2.05) is 0 Å². The zero-order valence-corrected chi connectivity index (χ0v) is 10.3. The van der Waals surface area contributed by atoms with Crippen LogP contribution in [0.15, 0.2) is 0 Å². The molecule has 0 aromatic carbocycles. The molecule has 0 radical (unpaired) electrons. The third-order valence-electron chi connectivity index (χ3n) is 0.0833. The van der Waals surface area contributed by atoms with E-state index in [0.717, 1.165) is 0 Å².